The SMILES string of the molecule is COc1cc(C=O)c([N+](=O)[O-])cc1OCCCO[Si](C)(C)C(C)(C)C. The minimum Gasteiger partial charge on any atom is -0.493 e. The molecule has 8 heteroatoms. The third kappa shape index (κ3) is 5.54. The van der Waals surface area contributed by atoms with Gasteiger partial charge in [-0.25, -0.2) is 0 Å². The molecule has 0 bridgehead atoms. The Bertz CT molecular complexity index is 624. The highest BCUT2D eigenvalue weighted by Gasteiger charge is 2.36. The third-order valence-corrected chi connectivity index (χ3v) is 8.99. The first kappa shape index (κ1) is 21.1. The number of carbonyl (C=O) groups excluding carboxylic acids is 1. The van der Waals surface area contributed by atoms with Crippen molar-refractivity contribution in [3.8, 4) is 11.5 Å². The van der Waals surface area contributed by atoms with E-state index < -0.39 is 13.2 Å². The lowest BCUT2D eigenvalue weighted by Gasteiger charge is -2.36. The highest BCUT2D eigenvalue weighted by molar-refractivity contribution is 6.74. The predicted molar refractivity (Wildman–Crippen MR) is 98.3 cm³/mol. The van der Waals surface area contributed by atoms with Gasteiger partial charge in [-0.3, -0.25) is 14.9 Å². The van der Waals surface area contributed by atoms with E-state index in [0.29, 0.717) is 25.9 Å². The van der Waals surface area contributed by atoms with Gasteiger partial charge in [0, 0.05) is 19.1 Å². The van der Waals surface area contributed by atoms with Gasteiger partial charge in [0.15, 0.2) is 26.1 Å². The van der Waals surface area contributed by atoms with Crippen LogP contribution in [0.1, 0.15) is 37.6 Å². The second-order valence-corrected chi connectivity index (χ2v) is 12.1. The Morgan fingerprint density at radius 3 is 2.32 bits per heavy atom. The highest BCUT2D eigenvalue weighted by atomic mass is 28.4. The number of hydrogen-bond acceptors (Lipinski definition) is 6. The van der Waals surface area contributed by atoms with Crippen LogP contribution in [-0.2, 0) is 4.43 Å². The fraction of sp³-hybridized carbons (Fsp3) is 0.588. The van der Waals surface area contributed by atoms with Gasteiger partial charge in [0.1, 0.15) is 0 Å². The second-order valence-electron chi connectivity index (χ2n) is 7.25. The molecule has 0 unspecified atom stereocenters. The van der Waals surface area contributed by atoms with Crippen molar-refractivity contribution in [2.45, 2.75) is 45.3 Å². The van der Waals surface area contributed by atoms with Crippen LogP contribution in [0.3, 0.4) is 0 Å². The molecule has 0 amide bonds. The number of nitro benzene ring substituents is 1. The van der Waals surface area contributed by atoms with Gasteiger partial charge in [-0.2, -0.15) is 0 Å². The first-order valence-corrected chi connectivity index (χ1v) is 11.0. The monoisotopic (exact) mass is 369 g/mol. The van der Waals surface area contributed by atoms with Gasteiger partial charge in [0.25, 0.3) is 5.69 Å². The molecule has 0 aliphatic heterocycles. The molecule has 140 valence electrons. The molecule has 0 aromatic heterocycles. The number of rotatable bonds is 9. The summed E-state index contributed by atoms with van der Waals surface area (Å²) in [5, 5.41) is 11.2. The summed E-state index contributed by atoms with van der Waals surface area (Å²) < 4.78 is 16.8. The summed E-state index contributed by atoms with van der Waals surface area (Å²) in [6.07, 6.45) is 1.08. The standard InChI is InChI=1S/C17H27NO6Si/c1-17(2,3)25(5,6)24-9-7-8-23-16-11-14(18(20)21)13(12-19)10-15(16)22-4/h10-12H,7-9H2,1-6H3. The number of hydrogen-bond donors (Lipinski definition) is 0. The number of nitro groups is 1. The lowest BCUT2D eigenvalue weighted by Crippen LogP contribution is -2.41. The van der Waals surface area contributed by atoms with Crippen molar-refractivity contribution in [1.82, 2.24) is 0 Å². The van der Waals surface area contributed by atoms with E-state index in [1.165, 1.54) is 19.2 Å². The Morgan fingerprint density at radius 1 is 1.20 bits per heavy atom. The molecule has 7 nitrogen and oxygen atoms in total. The van der Waals surface area contributed by atoms with Crippen molar-refractivity contribution < 1.29 is 23.6 Å². The number of nitrogens with zero attached hydrogens (tertiary/aromatic N) is 1. The van der Waals surface area contributed by atoms with Gasteiger partial charge in [-0.05, 0) is 18.1 Å². The molecule has 1 aromatic rings. The zero-order valence-electron chi connectivity index (χ0n) is 15.8. The van der Waals surface area contributed by atoms with Gasteiger partial charge in [-0.15, -0.1) is 0 Å². The van der Waals surface area contributed by atoms with E-state index >= 15 is 0 Å². The molecule has 0 spiro atoms. The van der Waals surface area contributed by atoms with E-state index in [4.69, 9.17) is 13.9 Å². The Hall–Kier alpha value is -1.93. The number of ether oxygens (including phenoxy) is 2. The van der Waals surface area contributed by atoms with Crippen LogP contribution in [0.25, 0.3) is 0 Å². The Kier molecular flexibility index (Phi) is 7.13. The first-order chi connectivity index (χ1) is 11.5. The quantitative estimate of drug-likeness (QED) is 0.213. The number of carbonyl (C=O) groups is 1. The Balaban J connectivity index is 2.70. The summed E-state index contributed by atoms with van der Waals surface area (Å²) in [5.74, 6) is 0.533. The summed E-state index contributed by atoms with van der Waals surface area (Å²) in [6.45, 7) is 11.8. The summed E-state index contributed by atoms with van der Waals surface area (Å²) in [7, 11) is -0.377. The normalized spacial score (nSPS) is 11.9. The van der Waals surface area contributed by atoms with E-state index in [9.17, 15) is 14.9 Å². The average Bonchev–Trinajstić information content (AvgIpc) is 2.52. The lowest BCUT2D eigenvalue weighted by molar-refractivity contribution is -0.385. The van der Waals surface area contributed by atoms with Gasteiger partial charge in [0.05, 0.1) is 30.3 Å². The molecule has 0 radical (unpaired) electrons. The predicted octanol–water partition coefficient (Wildman–Crippen LogP) is 4.21. The number of aldehydes is 1. The molecule has 0 atom stereocenters. The van der Waals surface area contributed by atoms with Crippen molar-refractivity contribution >= 4 is 20.3 Å². The fourth-order valence-electron chi connectivity index (χ4n) is 1.87. The van der Waals surface area contributed by atoms with Crippen LogP contribution in [0, 0.1) is 10.1 Å². The third-order valence-electron chi connectivity index (χ3n) is 4.45. The molecule has 0 fully saturated rings. The van der Waals surface area contributed by atoms with Crippen molar-refractivity contribution in [2.24, 2.45) is 0 Å². The Morgan fingerprint density at radius 2 is 1.84 bits per heavy atom. The molecule has 1 rings (SSSR count). The van der Waals surface area contributed by atoms with Crippen LogP contribution < -0.4 is 9.47 Å². The first-order valence-electron chi connectivity index (χ1n) is 8.12. The maximum Gasteiger partial charge on any atom is 0.283 e. The summed E-state index contributed by atoms with van der Waals surface area (Å²) in [6, 6.07) is 2.53. The molecule has 0 saturated heterocycles. The van der Waals surface area contributed by atoms with Crippen LogP contribution in [0.4, 0.5) is 5.69 Å². The van der Waals surface area contributed by atoms with Crippen molar-refractivity contribution in [1.29, 1.82) is 0 Å². The van der Waals surface area contributed by atoms with Crippen LogP contribution >= 0.6 is 0 Å². The van der Waals surface area contributed by atoms with E-state index in [1.807, 2.05) is 0 Å². The van der Waals surface area contributed by atoms with E-state index in [1.54, 1.807) is 0 Å². The van der Waals surface area contributed by atoms with Crippen LogP contribution in [0.15, 0.2) is 12.1 Å². The molecule has 0 heterocycles. The summed E-state index contributed by atoms with van der Waals surface area (Å²) in [5.41, 5.74) is -0.348. The molecule has 0 saturated carbocycles. The lowest BCUT2D eigenvalue weighted by atomic mass is 10.1. The maximum absolute atomic E-state index is 11.0. The Labute approximate surface area is 149 Å². The second kappa shape index (κ2) is 8.44. The van der Waals surface area contributed by atoms with E-state index in [2.05, 4.69) is 33.9 Å². The fourth-order valence-corrected chi connectivity index (χ4v) is 2.96. The van der Waals surface area contributed by atoms with Gasteiger partial charge >= 0.3 is 0 Å². The molecule has 0 N–H and O–H groups in total. The molecule has 25 heavy (non-hydrogen) atoms. The maximum atomic E-state index is 11.0. The van der Waals surface area contributed by atoms with Crippen LogP contribution in [0.2, 0.25) is 18.1 Å². The molecule has 0 aliphatic rings. The highest BCUT2D eigenvalue weighted by Crippen LogP contribution is 2.37. The largest absolute Gasteiger partial charge is 0.493 e. The van der Waals surface area contributed by atoms with Gasteiger partial charge in [0.2, 0.25) is 0 Å². The van der Waals surface area contributed by atoms with Gasteiger partial charge < -0.3 is 13.9 Å². The van der Waals surface area contributed by atoms with E-state index in [-0.39, 0.29) is 27.8 Å². The average molecular weight is 369 g/mol. The van der Waals surface area contributed by atoms with Crippen molar-refractivity contribution in [2.75, 3.05) is 20.3 Å². The molecular weight excluding hydrogens is 342 g/mol. The summed E-state index contributed by atoms with van der Waals surface area (Å²) >= 11 is 0. The molecule has 0 aliphatic carbocycles. The van der Waals surface area contributed by atoms with Crippen molar-refractivity contribution in [3.05, 3.63) is 27.8 Å². The van der Waals surface area contributed by atoms with Gasteiger partial charge in [-0.1, -0.05) is 20.8 Å². The topological polar surface area (TPSA) is 87.9 Å². The smallest absolute Gasteiger partial charge is 0.283 e. The zero-order valence-corrected chi connectivity index (χ0v) is 16.8. The minimum absolute atomic E-state index is 0.0459. The molecule has 1 aromatic carbocycles. The number of benzene rings is 1. The minimum atomic E-state index is -1.80. The van der Waals surface area contributed by atoms with Crippen LogP contribution in [0.5, 0.6) is 11.5 Å². The van der Waals surface area contributed by atoms with E-state index in [0.717, 1.165) is 0 Å². The summed E-state index contributed by atoms with van der Waals surface area (Å²) in [4.78, 5) is 21.4. The van der Waals surface area contributed by atoms with Crippen LogP contribution in [-0.4, -0.2) is 39.9 Å². The van der Waals surface area contributed by atoms with Crippen molar-refractivity contribution in [3.63, 3.8) is 0 Å². The zero-order chi connectivity index (χ0) is 19.3. The molecular formula is C17H27NO6Si. The number of methoxy groups -OCH3 is 1.